The van der Waals surface area contributed by atoms with Gasteiger partial charge in [0.2, 0.25) is 5.88 Å². The van der Waals surface area contributed by atoms with E-state index < -0.39 is 0 Å². The van der Waals surface area contributed by atoms with Crippen molar-refractivity contribution in [3.8, 4) is 5.88 Å². The zero-order chi connectivity index (χ0) is 7.56. The summed E-state index contributed by atoms with van der Waals surface area (Å²) in [5, 5.41) is 8.79. The quantitative estimate of drug-likeness (QED) is 0.632. The molecule has 0 amide bonds. The van der Waals surface area contributed by atoms with Crippen LogP contribution < -0.4 is 5.43 Å². The SMILES string of the molecule is CC(C)Nn1cnc(O)c1. The Kier molecular flexibility index (Phi) is 1.80. The molecule has 56 valence electrons. The van der Waals surface area contributed by atoms with Gasteiger partial charge in [-0.05, 0) is 13.8 Å². The Morgan fingerprint density at radius 3 is 2.80 bits per heavy atom. The van der Waals surface area contributed by atoms with Gasteiger partial charge >= 0.3 is 0 Å². The number of hydrogen-bond donors (Lipinski definition) is 2. The van der Waals surface area contributed by atoms with E-state index in [1.165, 1.54) is 12.5 Å². The molecule has 1 rings (SSSR count). The third kappa shape index (κ3) is 1.65. The molecule has 0 saturated heterocycles. The molecule has 0 spiro atoms. The van der Waals surface area contributed by atoms with Crippen molar-refractivity contribution < 1.29 is 5.11 Å². The third-order valence-electron chi connectivity index (χ3n) is 0.976. The monoisotopic (exact) mass is 141 g/mol. The van der Waals surface area contributed by atoms with Crippen LogP contribution in [-0.4, -0.2) is 20.8 Å². The van der Waals surface area contributed by atoms with E-state index in [4.69, 9.17) is 5.11 Å². The summed E-state index contributed by atoms with van der Waals surface area (Å²) in [6, 6.07) is 0.341. The summed E-state index contributed by atoms with van der Waals surface area (Å²) >= 11 is 0. The number of nitrogens with zero attached hydrogens (tertiary/aromatic N) is 2. The maximum Gasteiger partial charge on any atom is 0.231 e. The lowest BCUT2D eigenvalue weighted by Crippen LogP contribution is -2.20. The van der Waals surface area contributed by atoms with Gasteiger partial charge in [0.15, 0.2) is 0 Å². The molecule has 0 unspecified atom stereocenters. The summed E-state index contributed by atoms with van der Waals surface area (Å²) in [5.41, 5.74) is 3.02. The van der Waals surface area contributed by atoms with Crippen molar-refractivity contribution in [1.29, 1.82) is 0 Å². The van der Waals surface area contributed by atoms with Crippen LogP contribution in [-0.2, 0) is 0 Å². The first-order valence-corrected chi connectivity index (χ1v) is 3.18. The molecule has 1 aromatic heterocycles. The van der Waals surface area contributed by atoms with E-state index in [1.807, 2.05) is 13.8 Å². The second kappa shape index (κ2) is 2.60. The summed E-state index contributed by atoms with van der Waals surface area (Å²) in [6.07, 6.45) is 3.04. The first-order valence-electron chi connectivity index (χ1n) is 3.18. The molecule has 4 heteroatoms. The Balaban J connectivity index is 2.58. The van der Waals surface area contributed by atoms with Gasteiger partial charge in [-0.15, -0.1) is 0 Å². The Bertz CT molecular complexity index is 207. The molecule has 10 heavy (non-hydrogen) atoms. The first-order chi connectivity index (χ1) is 4.68. The molecule has 0 aliphatic heterocycles. The van der Waals surface area contributed by atoms with E-state index >= 15 is 0 Å². The predicted molar refractivity (Wildman–Crippen MR) is 38.4 cm³/mol. The maximum absolute atomic E-state index is 8.79. The minimum atomic E-state index is 0.0353. The molecule has 1 heterocycles. The average molecular weight is 141 g/mol. The highest BCUT2D eigenvalue weighted by Gasteiger charge is 1.94. The molecule has 0 saturated carbocycles. The average Bonchev–Trinajstić information content (AvgIpc) is 2.13. The molecule has 0 aliphatic carbocycles. The van der Waals surface area contributed by atoms with Crippen molar-refractivity contribution in [3.63, 3.8) is 0 Å². The van der Waals surface area contributed by atoms with Crippen LogP contribution in [0.15, 0.2) is 12.5 Å². The second-order valence-corrected chi connectivity index (χ2v) is 2.42. The number of hydrogen-bond acceptors (Lipinski definition) is 3. The van der Waals surface area contributed by atoms with Crippen molar-refractivity contribution in [2.24, 2.45) is 0 Å². The number of aromatic nitrogens is 2. The number of rotatable bonds is 2. The molecular formula is C6H11N3O. The molecule has 0 bridgehead atoms. The van der Waals surface area contributed by atoms with E-state index in [2.05, 4.69) is 10.4 Å². The fourth-order valence-electron chi connectivity index (χ4n) is 0.681. The minimum Gasteiger partial charge on any atom is -0.492 e. The Morgan fingerprint density at radius 1 is 1.70 bits per heavy atom. The first kappa shape index (κ1) is 6.92. The number of imidazole rings is 1. The summed E-state index contributed by atoms with van der Waals surface area (Å²) < 4.78 is 1.62. The van der Waals surface area contributed by atoms with Gasteiger partial charge < -0.3 is 10.5 Å². The minimum absolute atomic E-state index is 0.0353. The molecular weight excluding hydrogens is 130 g/mol. The third-order valence-corrected chi connectivity index (χ3v) is 0.976. The Hall–Kier alpha value is -1.19. The lowest BCUT2D eigenvalue weighted by molar-refractivity contribution is 0.456. The van der Waals surface area contributed by atoms with Crippen molar-refractivity contribution in [2.75, 3.05) is 5.43 Å². The van der Waals surface area contributed by atoms with Crippen molar-refractivity contribution in [2.45, 2.75) is 19.9 Å². The zero-order valence-corrected chi connectivity index (χ0v) is 6.07. The number of nitrogens with one attached hydrogen (secondary N) is 1. The van der Waals surface area contributed by atoms with Gasteiger partial charge in [0.25, 0.3) is 0 Å². The molecule has 0 fully saturated rings. The highest BCUT2D eigenvalue weighted by molar-refractivity contribution is 5.02. The fourth-order valence-corrected chi connectivity index (χ4v) is 0.681. The lowest BCUT2D eigenvalue weighted by atomic mass is 10.4. The predicted octanol–water partition coefficient (Wildman–Crippen LogP) is 0.541. The smallest absolute Gasteiger partial charge is 0.231 e. The summed E-state index contributed by atoms with van der Waals surface area (Å²) in [7, 11) is 0. The largest absolute Gasteiger partial charge is 0.492 e. The van der Waals surface area contributed by atoms with Crippen molar-refractivity contribution in [1.82, 2.24) is 9.66 Å². The van der Waals surface area contributed by atoms with Crippen molar-refractivity contribution in [3.05, 3.63) is 12.5 Å². The van der Waals surface area contributed by atoms with Crippen LogP contribution in [0, 0.1) is 0 Å². The summed E-state index contributed by atoms with van der Waals surface area (Å²) in [6.45, 7) is 4.02. The summed E-state index contributed by atoms with van der Waals surface area (Å²) in [4.78, 5) is 3.63. The summed E-state index contributed by atoms with van der Waals surface area (Å²) in [5.74, 6) is 0.0353. The molecule has 4 nitrogen and oxygen atoms in total. The van der Waals surface area contributed by atoms with Gasteiger partial charge in [-0.3, -0.25) is 4.68 Å². The normalized spacial score (nSPS) is 10.3. The van der Waals surface area contributed by atoms with Gasteiger partial charge in [-0.25, -0.2) is 4.98 Å². The van der Waals surface area contributed by atoms with Gasteiger partial charge in [-0.1, -0.05) is 0 Å². The number of aromatic hydroxyl groups is 1. The topological polar surface area (TPSA) is 50.1 Å². The fraction of sp³-hybridized carbons (Fsp3) is 0.500. The highest BCUT2D eigenvalue weighted by atomic mass is 16.3. The van der Waals surface area contributed by atoms with E-state index in [1.54, 1.807) is 4.68 Å². The van der Waals surface area contributed by atoms with Crippen LogP contribution >= 0.6 is 0 Å². The van der Waals surface area contributed by atoms with Crippen molar-refractivity contribution >= 4 is 0 Å². The van der Waals surface area contributed by atoms with Crippen LogP contribution in [0.4, 0.5) is 0 Å². The molecule has 1 aromatic rings. The lowest BCUT2D eigenvalue weighted by Gasteiger charge is -2.08. The van der Waals surface area contributed by atoms with Gasteiger partial charge in [0, 0.05) is 6.04 Å². The second-order valence-electron chi connectivity index (χ2n) is 2.42. The van der Waals surface area contributed by atoms with Crippen LogP contribution in [0.2, 0.25) is 0 Å². The van der Waals surface area contributed by atoms with Gasteiger partial charge in [0.1, 0.15) is 6.33 Å². The Morgan fingerprint density at radius 2 is 2.40 bits per heavy atom. The van der Waals surface area contributed by atoms with E-state index in [-0.39, 0.29) is 5.88 Å². The van der Waals surface area contributed by atoms with E-state index in [0.29, 0.717) is 6.04 Å². The molecule has 0 atom stereocenters. The molecule has 2 N–H and O–H groups in total. The molecule has 0 radical (unpaired) electrons. The van der Waals surface area contributed by atoms with Crippen LogP contribution in [0.1, 0.15) is 13.8 Å². The zero-order valence-electron chi connectivity index (χ0n) is 6.07. The van der Waals surface area contributed by atoms with Crippen LogP contribution in [0.3, 0.4) is 0 Å². The van der Waals surface area contributed by atoms with Crippen LogP contribution in [0.5, 0.6) is 5.88 Å². The highest BCUT2D eigenvalue weighted by Crippen LogP contribution is 1.99. The maximum atomic E-state index is 8.79. The molecule has 0 aliphatic rings. The van der Waals surface area contributed by atoms with Crippen LogP contribution in [0.25, 0.3) is 0 Å². The van der Waals surface area contributed by atoms with Gasteiger partial charge in [0.05, 0.1) is 6.20 Å². The van der Waals surface area contributed by atoms with E-state index in [9.17, 15) is 0 Å². The standard InChI is InChI=1S/C6H11N3O/c1-5(2)8-9-3-6(10)7-4-9/h3-5,8,10H,1-2H3. The Labute approximate surface area is 59.5 Å². The molecule has 0 aromatic carbocycles. The van der Waals surface area contributed by atoms with Gasteiger partial charge in [-0.2, -0.15) is 0 Å². The van der Waals surface area contributed by atoms with E-state index in [0.717, 1.165) is 0 Å².